The SMILES string of the molecule is O=C(O)C1CCC(N2CCC(C(F)F)C2)CC1. The fourth-order valence-corrected chi connectivity index (χ4v) is 3.04. The van der Waals surface area contributed by atoms with E-state index in [0.717, 1.165) is 19.4 Å². The smallest absolute Gasteiger partial charge is 0.306 e. The standard InChI is InChI=1S/C12H19F2NO2/c13-11(14)9-5-6-15(7-9)10-3-1-8(2-4-10)12(16)17/h8-11H,1-7H2,(H,16,17). The minimum atomic E-state index is -2.21. The number of aliphatic carboxylic acids is 1. The maximum Gasteiger partial charge on any atom is 0.306 e. The van der Waals surface area contributed by atoms with Crippen LogP contribution < -0.4 is 0 Å². The number of carbonyl (C=O) groups is 1. The summed E-state index contributed by atoms with van der Waals surface area (Å²) < 4.78 is 25.1. The van der Waals surface area contributed by atoms with Gasteiger partial charge in [0.1, 0.15) is 0 Å². The Kier molecular flexibility index (Phi) is 3.97. The molecular weight excluding hydrogens is 228 g/mol. The Bertz CT molecular complexity index is 278. The Hall–Kier alpha value is -0.710. The van der Waals surface area contributed by atoms with E-state index in [1.807, 2.05) is 0 Å². The minimum Gasteiger partial charge on any atom is -0.481 e. The summed E-state index contributed by atoms with van der Waals surface area (Å²) in [5.74, 6) is -1.41. The largest absolute Gasteiger partial charge is 0.481 e. The lowest BCUT2D eigenvalue weighted by Gasteiger charge is -2.33. The van der Waals surface area contributed by atoms with E-state index < -0.39 is 18.3 Å². The molecule has 1 saturated carbocycles. The van der Waals surface area contributed by atoms with E-state index in [2.05, 4.69) is 4.90 Å². The van der Waals surface area contributed by atoms with Gasteiger partial charge in [-0.25, -0.2) is 8.78 Å². The fraction of sp³-hybridized carbons (Fsp3) is 0.917. The van der Waals surface area contributed by atoms with E-state index in [1.165, 1.54) is 0 Å². The molecule has 1 aliphatic heterocycles. The number of hydrogen-bond acceptors (Lipinski definition) is 2. The third-order valence-corrected chi connectivity index (χ3v) is 4.17. The molecule has 17 heavy (non-hydrogen) atoms. The summed E-state index contributed by atoms with van der Waals surface area (Å²) in [6.07, 6.45) is 1.43. The van der Waals surface area contributed by atoms with Crippen LogP contribution in [0.25, 0.3) is 0 Å². The average molecular weight is 247 g/mol. The summed E-state index contributed by atoms with van der Waals surface area (Å²) in [6, 6.07) is 0.328. The van der Waals surface area contributed by atoms with Crippen LogP contribution in [0.4, 0.5) is 8.78 Å². The second-order valence-corrected chi connectivity index (χ2v) is 5.22. The van der Waals surface area contributed by atoms with Gasteiger partial charge in [0.15, 0.2) is 0 Å². The molecule has 0 aromatic carbocycles. The molecule has 98 valence electrons. The van der Waals surface area contributed by atoms with Crippen molar-refractivity contribution in [3.8, 4) is 0 Å². The molecule has 2 fully saturated rings. The van der Waals surface area contributed by atoms with Crippen LogP contribution in [-0.2, 0) is 4.79 Å². The Morgan fingerprint density at radius 1 is 1.18 bits per heavy atom. The molecule has 5 heteroatoms. The van der Waals surface area contributed by atoms with Gasteiger partial charge in [0.25, 0.3) is 0 Å². The summed E-state index contributed by atoms with van der Waals surface area (Å²) >= 11 is 0. The quantitative estimate of drug-likeness (QED) is 0.831. The van der Waals surface area contributed by atoms with Crippen LogP contribution in [0.15, 0.2) is 0 Å². The van der Waals surface area contributed by atoms with Crippen molar-refractivity contribution in [2.45, 2.75) is 44.6 Å². The van der Waals surface area contributed by atoms with E-state index in [-0.39, 0.29) is 5.92 Å². The molecule has 1 atom stereocenters. The molecule has 1 saturated heterocycles. The van der Waals surface area contributed by atoms with Crippen LogP contribution in [0.5, 0.6) is 0 Å². The van der Waals surface area contributed by atoms with Crippen molar-refractivity contribution < 1.29 is 18.7 Å². The van der Waals surface area contributed by atoms with Crippen LogP contribution in [0, 0.1) is 11.8 Å². The second-order valence-electron chi connectivity index (χ2n) is 5.22. The van der Waals surface area contributed by atoms with Gasteiger partial charge in [-0.2, -0.15) is 0 Å². The Morgan fingerprint density at radius 3 is 2.29 bits per heavy atom. The lowest BCUT2D eigenvalue weighted by molar-refractivity contribution is -0.143. The molecule has 3 nitrogen and oxygen atoms in total. The molecule has 1 unspecified atom stereocenters. The maximum absolute atomic E-state index is 12.5. The van der Waals surface area contributed by atoms with Crippen molar-refractivity contribution in [3.05, 3.63) is 0 Å². The number of nitrogens with zero attached hydrogens (tertiary/aromatic N) is 1. The number of alkyl halides is 2. The minimum absolute atomic E-state index is 0.222. The first-order valence-electron chi connectivity index (χ1n) is 6.33. The van der Waals surface area contributed by atoms with Gasteiger partial charge in [-0.05, 0) is 38.6 Å². The zero-order chi connectivity index (χ0) is 12.4. The third kappa shape index (κ3) is 2.94. The summed E-state index contributed by atoms with van der Waals surface area (Å²) in [5.41, 5.74) is 0. The maximum atomic E-state index is 12.5. The molecule has 0 spiro atoms. The zero-order valence-electron chi connectivity index (χ0n) is 9.82. The molecule has 0 radical (unpaired) electrons. The number of likely N-dealkylation sites (tertiary alicyclic amines) is 1. The Morgan fingerprint density at radius 2 is 1.82 bits per heavy atom. The first-order valence-corrected chi connectivity index (χ1v) is 6.33. The first-order chi connectivity index (χ1) is 8.08. The molecule has 2 aliphatic rings. The molecule has 1 N–H and O–H groups in total. The second kappa shape index (κ2) is 5.29. The van der Waals surface area contributed by atoms with Gasteiger partial charge in [-0.15, -0.1) is 0 Å². The van der Waals surface area contributed by atoms with Crippen molar-refractivity contribution in [1.29, 1.82) is 0 Å². The number of carboxylic acid groups (broad SMARTS) is 1. The summed E-state index contributed by atoms with van der Waals surface area (Å²) in [6.45, 7) is 1.23. The molecule has 0 aromatic rings. The molecule has 2 rings (SSSR count). The van der Waals surface area contributed by atoms with Gasteiger partial charge >= 0.3 is 5.97 Å². The van der Waals surface area contributed by atoms with E-state index in [1.54, 1.807) is 0 Å². The average Bonchev–Trinajstić information content (AvgIpc) is 2.78. The molecule has 0 bridgehead atoms. The van der Waals surface area contributed by atoms with E-state index in [0.29, 0.717) is 31.8 Å². The van der Waals surface area contributed by atoms with Crippen LogP contribution in [-0.4, -0.2) is 41.5 Å². The van der Waals surface area contributed by atoms with Crippen LogP contribution in [0.1, 0.15) is 32.1 Å². The highest BCUT2D eigenvalue weighted by atomic mass is 19.3. The van der Waals surface area contributed by atoms with Crippen LogP contribution in [0.2, 0.25) is 0 Å². The van der Waals surface area contributed by atoms with Gasteiger partial charge in [-0.3, -0.25) is 9.69 Å². The molecule has 0 amide bonds. The number of carboxylic acids is 1. The fourth-order valence-electron chi connectivity index (χ4n) is 3.04. The predicted octanol–water partition coefficient (Wildman–Crippen LogP) is 2.22. The highest BCUT2D eigenvalue weighted by Crippen LogP contribution is 2.32. The number of hydrogen-bond donors (Lipinski definition) is 1. The topological polar surface area (TPSA) is 40.5 Å². The van der Waals surface area contributed by atoms with Crippen molar-refractivity contribution >= 4 is 5.97 Å². The van der Waals surface area contributed by atoms with Gasteiger partial charge in [0.05, 0.1) is 5.92 Å². The normalized spacial score (nSPS) is 35.4. The zero-order valence-corrected chi connectivity index (χ0v) is 9.82. The van der Waals surface area contributed by atoms with Crippen LogP contribution in [0.3, 0.4) is 0 Å². The molecule has 0 aromatic heterocycles. The van der Waals surface area contributed by atoms with Gasteiger partial charge in [-0.1, -0.05) is 0 Å². The van der Waals surface area contributed by atoms with Gasteiger partial charge in [0.2, 0.25) is 6.43 Å². The molecule has 1 heterocycles. The number of rotatable bonds is 3. The van der Waals surface area contributed by atoms with Gasteiger partial charge < -0.3 is 5.11 Å². The Balaban J connectivity index is 1.80. The monoisotopic (exact) mass is 247 g/mol. The lowest BCUT2D eigenvalue weighted by Crippen LogP contribution is -2.38. The van der Waals surface area contributed by atoms with Gasteiger partial charge in [0, 0.05) is 18.5 Å². The summed E-state index contributed by atoms with van der Waals surface area (Å²) in [4.78, 5) is 12.9. The van der Waals surface area contributed by atoms with Crippen LogP contribution >= 0.6 is 0 Å². The highest BCUT2D eigenvalue weighted by molar-refractivity contribution is 5.70. The summed E-state index contributed by atoms with van der Waals surface area (Å²) in [7, 11) is 0. The first kappa shape index (κ1) is 12.7. The van der Waals surface area contributed by atoms with E-state index >= 15 is 0 Å². The van der Waals surface area contributed by atoms with E-state index in [9.17, 15) is 13.6 Å². The van der Waals surface area contributed by atoms with Crippen molar-refractivity contribution in [2.24, 2.45) is 11.8 Å². The summed E-state index contributed by atoms with van der Waals surface area (Å²) in [5, 5.41) is 8.89. The Labute approximate surface area is 99.8 Å². The molecular formula is C12H19F2NO2. The van der Waals surface area contributed by atoms with Crippen molar-refractivity contribution in [3.63, 3.8) is 0 Å². The highest BCUT2D eigenvalue weighted by Gasteiger charge is 2.35. The third-order valence-electron chi connectivity index (χ3n) is 4.17. The van der Waals surface area contributed by atoms with E-state index in [4.69, 9.17) is 5.11 Å². The molecule has 1 aliphatic carbocycles. The predicted molar refractivity (Wildman–Crippen MR) is 59.1 cm³/mol. The van der Waals surface area contributed by atoms with Crippen molar-refractivity contribution in [1.82, 2.24) is 4.90 Å². The van der Waals surface area contributed by atoms with Crippen molar-refractivity contribution in [2.75, 3.05) is 13.1 Å². The lowest BCUT2D eigenvalue weighted by atomic mass is 9.85. The number of halogens is 2.